The zero-order chi connectivity index (χ0) is 18.8. The molecule has 0 aromatic heterocycles. The van der Waals surface area contributed by atoms with Crippen LogP contribution < -0.4 is 5.43 Å². The lowest BCUT2D eigenvalue weighted by molar-refractivity contribution is -0.123. The Morgan fingerprint density at radius 2 is 1.96 bits per heavy atom. The van der Waals surface area contributed by atoms with Crippen molar-refractivity contribution >= 4 is 73.7 Å². The van der Waals surface area contributed by atoms with Crippen molar-refractivity contribution in [1.82, 2.24) is 10.4 Å². The molecular weight excluding hydrogens is 460 g/mol. The molecule has 3 rings (SSSR count). The van der Waals surface area contributed by atoms with E-state index >= 15 is 0 Å². The number of carbonyl (C=O) groups excluding carboxylic acids is 2. The minimum absolute atomic E-state index is 0.102. The Hall–Kier alpha value is -1.87. The third-order valence-electron chi connectivity index (χ3n) is 3.38. The van der Waals surface area contributed by atoms with Gasteiger partial charge in [-0.05, 0) is 76.2 Å². The van der Waals surface area contributed by atoms with Crippen LogP contribution in [-0.2, 0) is 4.79 Å². The minimum atomic E-state index is -0.466. The highest BCUT2D eigenvalue weighted by atomic mass is 79.9. The standard InChI is InChI=1S/C17H10BrClN2O3S2/c18-12-7-9(1-6-13(12)22)8-14-16(24)21(17(25)26-14)20-15(23)10-2-4-11(19)5-3-10/h1-8,22H,(H,20,23)/b14-8+. The van der Waals surface area contributed by atoms with Crippen molar-refractivity contribution < 1.29 is 14.7 Å². The van der Waals surface area contributed by atoms with Crippen LogP contribution in [0.5, 0.6) is 5.75 Å². The number of halogens is 2. The fourth-order valence-corrected chi connectivity index (χ4v) is 3.80. The van der Waals surface area contributed by atoms with Crippen LogP contribution in [0.1, 0.15) is 15.9 Å². The molecule has 1 saturated heterocycles. The van der Waals surface area contributed by atoms with Gasteiger partial charge in [0.2, 0.25) is 0 Å². The van der Waals surface area contributed by atoms with Gasteiger partial charge in [-0.2, -0.15) is 5.01 Å². The highest BCUT2D eigenvalue weighted by Gasteiger charge is 2.33. The first-order chi connectivity index (χ1) is 12.3. The summed E-state index contributed by atoms with van der Waals surface area (Å²) in [5.74, 6) is -0.789. The maximum Gasteiger partial charge on any atom is 0.285 e. The van der Waals surface area contributed by atoms with Gasteiger partial charge >= 0.3 is 0 Å². The number of nitrogens with zero attached hydrogens (tertiary/aromatic N) is 1. The Labute approximate surface area is 172 Å². The van der Waals surface area contributed by atoms with Crippen molar-refractivity contribution in [3.8, 4) is 5.75 Å². The molecular formula is C17H10BrClN2O3S2. The van der Waals surface area contributed by atoms with Gasteiger partial charge in [-0.3, -0.25) is 15.0 Å². The minimum Gasteiger partial charge on any atom is -0.507 e. The number of thiocarbonyl (C=S) groups is 1. The predicted octanol–water partition coefficient (Wildman–Crippen LogP) is 4.35. The number of hydrogen-bond acceptors (Lipinski definition) is 5. The van der Waals surface area contributed by atoms with Crippen LogP contribution in [0, 0.1) is 0 Å². The highest BCUT2D eigenvalue weighted by molar-refractivity contribution is 9.10. The third-order valence-corrected chi connectivity index (χ3v) is 5.57. The van der Waals surface area contributed by atoms with E-state index in [9.17, 15) is 14.7 Å². The van der Waals surface area contributed by atoms with Gasteiger partial charge in [-0.1, -0.05) is 29.4 Å². The maximum atomic E-state index is 12.5. The van der Waals surface area contributed by atoms with E-state index < -0.39 is 11.8 Å². The lowest BCUT2D eigenvalue weighted by Crippen LogP contribution is -2.44. The van der Waals surface area contributed by atoms with Crippen molar-refractivity contribution in [2.75, 3.05) is 0 Å². The van der Waals surface area contributed by atoms with Gasteiger partial charge in [-0.15, -0.1) is 0 Å². The van der Waals surface area contributed by atoms with Gasteiger partial charge in [0.15, 0.2) is 4.32 Å². The molecule has 2 aromatic carbocycles. The SMILES string of the molecule is O=C(NN1C(=O)/C(=C\c2ccc(O)c(Br)c2)SC1=S)c1ccc(Cl)cc1. The van der Waals surface area contributed by atoms with Crippen LogP contribution in [0.25, 0.3) is 6.08 Å². The summed E-state index contributed by atoms with van der Waals surface area (Å²) in [5.41, 5.74) is 3.56. The molecule has 2 aromatic rings. The summed E-state index contributed by atoms with van der Waals surface area (Å²) in [6.07, 6.45) is 1.64. The Balaban J connectivity index is 1.78. The Morgan fingerprint density at radius 3 is 2.62 bits per heavy atom. The molecule has 1 aliphatic heterocycles. The second-order valence-electron chi connectivity index (χ2n) is 5.18. The van der Waals surface area contributed by atoms with Crippen LogP contribution in [0.2, 0.25) is 5.02 Å². The summed E-state index contributed by atoms with van der Waals surface area (Å²) < 4.78 is 0.735. The summed E-state index contributed by atoms with van der Waals surface area (Å²) >= 11 is 15.3. The Bertz CT molecular complexity index is 948. The first-order valence-corrected chi connectivity index (χ1v) is 9.58. The summed E-state index contributed by atoms with van der Waals surface area (Å²) in [6.45, 7) is 0. The van der Waals surface area contributed by atoms with Crippen LogP contribution in [0.15, 0.2) is 51.8 Å². The van der Waals surface area contributed by atoms with Crippen LogP contribution >= 0.6 is 51.5 Å². The average molecular weight is 470 g/mol. The van der Waals surface area contributed by atoms with E-state index in [1.54, 1.807) is 42.5 Å². The molecule has 26 heavy (non-hydrogen) atoms. The first-order valence-electron chi connectivity index (χ1n) is 7.18. The topological polar surface area (TPSA) is 69.6 Å². The van der Waals surface area contributed by atoms with Crippen LogP contribution in [0.3, 0.4) is 0 Å². The van der Waals surface area contributed by atoms with Crippen molar-refractivity contribution in [1.29, 1.82) is 0 Å². The Morgan fingerprint density at radius 1 is 1.27 bits per heavy atom. The van der Waals surface area contributed by atoms with Gasteiger partial charge in [0.25, 0.3) is 11.8 Å². The monoisotopic (exact) mass is 468 g/mol. The molecule has 2 amide bonds. The molecule has 0 saturated carbocycles. The molecule has 1 aliphatic rings. The smallest absolute Gasteiger partial charge is 0.285 e. The summed E-state index contributed by atoms with van der Waals surface area (Å²) in [4.78, 5) is 25.2. The van der Waals surface area contributed by atoms with Gasteiger partial charge in [0, 0.05) is 10.6 Å². The molecule has 5 nitrogen and oxygen atoms in total. The average Bonchev–Trinajstić information content (AvgIpc) is 2.86. The fraction of sp³-hybridized carbons (Fsp3) is 0. The molecule has 1 fully saturated rings. The van der Waals surface area contributed by atoms with Gasteiger partial charge in [0.1, 0.15) is 5.75 Å². The molecule has 132 valence electrons. The quantitative estimate of drug-likeness (QED) is 0.516. The lowest BCUT2D eigenvalue weighted by Gasteiger charge is -2.15. The fourth-order valence-electron chi connectivity index (χ4n) is 2.10. The van der Waals surface area contributed by atoms with Crippen LogP contribution in [0.4, 0.5) is 0 Å². The zero-order valence-electron chi connectivity index (χ0n) is 12.9. The number of amides is 2. The van der Waals surface area contributed by atoms with Crippen LogP contribution in [-0.4, -0.2) is 26.3 Å². The zero-order valence-corrected chi connectivity index (χ0v) is 16.9. The molecule has 0 unspecified atom stereocenters. The molecule has 0 atom stereocenters. The van der Waals surface area contributed by atoms with E-state index in [1.807, 2.05) is 0 Å². The number of benzene rings is 2. The molecule has 0 bridgehead atoms. The van der Waals surface area contributed by atoms with E-state index in [1.165, 1.54) is 6.07 Å². The highest BCUT2D eigenvalue weighted by Crippen LogP contribution is 2.33. The van der Waals surface area contributed by atoms with E-state index in [-0.39, 0.29) is 10.1 Å². The number of rotatable bonds is 3. The third kappa shape index (κ3) is 4.09. The second-order valence-corrected chi connectivity index (χ2v) is 8.14. The largest absolute Gasteiger partial charge is 0.507 e. The van der Waals surface area contributed by atoms with Gasteiger partial charge < -0.3 is 5.11 Å². The van der Waals surface area contributed by atoms with Crippen molar-refractivity contribution in [2.45, 2.75) is 0 Å². The van der Waals surface area contributed by atoms with Crippen molar-refractivity contribution in [2.24, 2.45) is 0 Å². The number of phenols is 1. The van der Waals surface area contributed by atoms with E-state index in [4.69, 9.17) is 23.8 Å². The van der Waals surface area contributed by atoms with Crippen molar-refractivity contribution in [3.05, 3.63) is 68.0 Å². The molecule has 0 aliphatic carbocycles. The maximum absolute atomic E-state index is 12.5. The number of hydrazine groups is 1. The van der Waals surface area contributed by atoms with Crippen molar-refractivity contribution in [3.63, 3.8) is 0 Å². The van der Waals surface area contributed by atoms with E-state index in [0.717, 1.165) is 16.8 Å². The van der Waals surface area contributed by atoms with Gasteiger partial charge in [0.05, 0.1) is 9.38 Å². The summed E-state index contributed by atoms with van der Waals surface area (Å²) in [5, 5.41) is 11.1. The normalized spacial score (nSPS) is 15.6. The number of phenolic OH excluding ortho intramolecular Hbond substituents is 1. The van der Waals surface area contributed by atoms with E-state index in [0.29, 0.717) is 25.5 Å². The Kier molecular flexibility index (Phi) is 5.67. The molecule has 0 spiro atoms. The molecule has 1 heterocycles. The molecule has 9 heteroatoms. The summed E-state index contributed by atoms with van der Waals surface area (Å²) in [6, 6.07) is 11.1. The number of thioether (sulfide) groups is 1. The number of hydrogen-bond donors (Lipinski definition) is 2. The lowest BCUT2D eigenvalue weighted by atomic mass is 10.2. The number of aromatic hydroxyl groups is 1. The first kappa shape index (κ1) is 18.9. The number of carbonyl (C=O) groups is 2. The van der Waals surface area contributed by atoms with Gasteiger partial charge in [-0.25, -0.2) is 0 Å². The predicted molar refractivity (Wildman–Crippen MR) is 110 cm³/mol. The molecule has 2 N–H and O–H groups in total. The second kappa shape index (κ2) is 7.79. The molecule has 0 radical (unpaired) electrons. The van der Waals surface area contributed by atoms with E-state index in [2.05, 4.69) is 21.4 Å². The summed E-state index contributed by atoms with van der Waals surface area (Å²) in [7, 11) is 0. The number of nitrogens with one attached hydrogen (secondary N) is 1.